The Labute approximate surface area is 80.5 Å². The number of rotatable bonds is 3. The van der Waals surface area contributed by atoms with E-state index in [-0.39, 0.29) is 0 Å². The predicted molar refractivity (Wildman–Crippen MR) is 57.7 cm³/mol. The van der Waals surface area contributed by atoms with Gasteiger partial charge in [0.1, 0.15) is 0 Å². The maximum atomic E-state index is 4.39. The molecular weight excluding hydrogens is 158 g/mol. The molecule has 0 spiro atoms. The minimum absolute atomic E-state index is 0.504. The zero-order valence-electron chi connectivity index (χ0n) is 8.67. The molecule has 0 fully saturated rings. The first-order valence-electron chi connectivity index (χ1n) is 4.79. The smallest absolute Gasteiger partial charge is 0.0429 e. The molecule has 70 valence electrons. The minimum atomic E-state index is 0.504. The zero-order chi connectivity index (χ0) is 9.84. The molecule has 1 nitrogen and oxygen atoms in total. The third kappa shape index (κ3) is 2.41. The van der Waals surface area contributed by atoms with Gasteiger partial charge in [-0.25, -0.2) is 0 Å². The topological polar surface area (TPSA) is 12.9 Å². The largest absolute Gasteiger partial charge is 0.260 e. The predicted octanol–water partition coefficient (Wildman–Crippen LogP) is 3.63. The van der Waals surface area contributed by atoms with Crippen LogP contribution in [0.1, 0.15) is 44.4 Å². The average molecular weight is 175 g/mol. The number of allylic oxidation sites excluding steroid dienone is 1. The van der Waals surface area contributed by atoms with E-state index in [1.165, 1.54) is 0 Å². The van der Waals surface area contributed by atoms with Crippen LogP contribution < -0.4 is 0 Å². The summed E-state index contributed by atoms with van der Waals surface area (Å²) < 4.78 is 0. The second-order valence-electron chi connectivity index (χ2n) is 3.58. The lowest BCUT2D eigenvalue weighted by Crippen LogP contribution is -1.92. The lowest BCUT2D eigenvalue weighted by molar-refractivity contribution is 0.822. The zero-order valence-corrected chi connectivity index (χ0v) is 8.67. The van der Waals surface area contributed by atoms with Crippen molar-refractivity contribution in [3.8, 4) is 0 Å². The summed E-state index contributed by atoms with van der Waals surface area (Å²) in [7, 11) is 0. The Morgan fingerprint density at radius 3 is 2.54 bits per heavy atom. The van der Waals surface area contributed by atoms with Crippen molar-refractivity contribution in [1.82, 2.24) is 4.98 Å². The number of hydrogen-bond donors (Lipinski definition) is 0. The van der Waals surface area contributed by atoms with E-state index in [1.807, 2.05) is 6.20 Å². The maximum absolute atomic E-state index is 4.39. The van der Waals surface area contributed by atoms with Crippen LogP contribution in [0.15, 0.2) is 24.9 Å². The summed E-state index contributed by atoms with van der Waals surface area (Å²) >= 11 is 0. The fraction of sp³-hybridized carbons (Fsp3) is 0.417. The van der Waals surface area contributed by atoms with E-state index >= 15 is 0 Å². The summed E-state index contributed by atoms with van der Waals surface area (Å²) in [5.41, 5.74) is 3.46. The normalized spacial score (nSPS) is 10.5. The molecule has 0 unspecified atom stereocenters. The van der Waals surface area contributed by atoms with Gasteiger partial charge in [-0.3, -0.25) is 4.98 Å². The summed E-state index contributed by atoms with van der Waals surface area (Å²) in [4.78, 5) is 4.39. The Morgan fingerprint density at radius 1 is 1.46 bits per heavy atom. The maximum Gasteiger partial charge on any atom is 0.0429 e. The second-order valence-corrected chi connectivity index (χ2v) is 3.58. The highest BCUT2D eigenvalue weighted by Crippen LogP contribution is 2.17. The Kier molecular flexibility index (Phi) is 3.24. The third-order valence-corrected chi connectivity index (χ3v) is 2.21. The van der Waals surface area contributed by atoms with Crippen LogP contribution in [-0.4, -0.2) is 4.98 Å². The number of pyridine rings is 1. The van der Waals surface area contributed by atoms with Crippen molar-refractivity contribution in [2.75, 3.05) is 0 Å². The summed E-state index contributed by atoms with van der Waals surface area (Å²) in [6, 6.07) is 4.19. The molecule has 13 heavy (non-hydrogen) atoms. The van der Waals surface area contributed by atoms with Crippen molar-refractivity contribution in [3.05, 3.63) is 36.2 Å². The number of hydrogen-bond acceptors (Lipinski definition) is 1. The summed E-state index contributed by atoms with van der Waals surface area (Å²) in [5, 5.41) is 0. The third-order valence-electron chi connectivity index (χ3n) is 2.21. The highest BCUT2D eigenvalue weighted by molar-refractivity contribution is 5.62. The van der Waals surface area contributed by atoms with Gasteiger partial charge in [0, 0.05) is 11.9 Å². The van der Waals surface area contributed by atoms with Crippen LogP contribution in [0.25, 0.3) is 5.57 Å². The molecule has 1 heteroatoms. The van der Waals surface area contributed by atoms with E-state index < -0.39 is 0 Å². The average Bonchev–Trinajstić information content (AvgIpc) is 2.17. The first-order valence-corrected chi connectivity index (χ1v) is 4.79. The molecule has 0 saturated heterocycles. The molecule has 0 aliphatic carbocycles. The van der Waals surface area contributed by atoms with Gasteiger partial charge >= 0.3 is 0 Å². The summed E-state index contributed by atoms with van der Waals surface area (Å²) in [6.07, 6.45) is 2.91. The molecule has 0 radical (unpaired) electrons. The highest BCUT2D eigenvalue weighted by atomic mass is 14.7. The Balaban J connectivity index is 2.87. The van der Waals surface area contributed by atoms with Crippen LogP contribution in [0.2, 0.25) is 0 Å². The van der Waals surface area contributed by atoms with Gasteiger partial charge in [-0.2, -0.15) is 0 Å². The molecule has 0 aromatic carbocycles. The Bertz CT molecular complexity index is 282. The van der Waals surface area contributed by atoms with Crippen molar-refractivity contribution < 1.29 is 0 Å². The molecule has 0 atom stereocenters. The fourth-order valence-corrected chi connectivity index (χ4v) is 1.16. The molecule has 0 N–H and O–H groups in total. The molecular formula is C12H17N. The molecule has 1 heterocycles. The number of nitrogens with zero attached hydrogens (tertiary/aromatic N) is 1. The van der Waals surface area contributed by atoms with Crippen molar-refractivity contribution >= 4 is 5.57 Å². The Hall–Kier alpha value is -1.11. The fourth-order valence-electron chi connectivity index (χ4n) is 1.16. The molecule has 1 aromatic heterocycles. The van der Waals surface area contributed by atoms with Gasteiger partial charge in [0.25, 0.3) is 0 Å². The molecule has 0 bridgehead atoms. The van der Waals surface area contributed by atoms with Crippen molar-refractivity contribution in [3.63, 3.8) is 0 Å². The van der Waals surface area contributed by atoms with Crippen LogP contribution >= 0.6 is 0 Å². The van der Waals surface area contributed by atoms with E-state index in [2.05, 4.69) is 44.5 Å². The first kappa shape index (κ1) is 9.97. The highest BCUT2D eigenvalue weighted by Gasteiger charge is 2.01. The van der Waals surface area contributed by atoms with Crippen molar-refractivity contribution in [2.45, 2.75) is 33.1 Å². The van der Waals surface area contributed by atoms with Crippen molar-refractivity contribution in [2.24, 2.45) is 0 Å². The SMILES string of the molecule is C=C(CC)c1ccc(C(C)C)nc1. The first-order chi connectivity index (χ1) is 6.15. The van der Waals surface area contributed by atoms with E-state index in [0.717, 1.165) is 23.3 Å². The monoisotopic (exact) mass is 175 g/mol. The van der Waals surface area contributed by atoms with E-state index in [1.54, 1.807) is 0 Å². The van der Waals surface area contributed by atoms with E-state index in [0.29, 0.717) is 5.92 Å². The lowest BCUT2D eigenvalue weighted by Gasteiger charge is -2.06. The quantitative estimate of drug-likeness (QED) is 0.683. The van der Waals surface area contributed by atoms with Gasteiger partial charge in [-0.1, -0.05) is 33.4 Å². The van der Waals surface area contributed by atoms with E-state index in [4.69, 9.17) is 0 Å². The summed E-state index contributed by atoms with van der Waals surface area (Å²) in [5.74, 6) is 0.504. The lowest BCUT2D eigenvalue weighted by atomic mass is 10.0. The Morgan fingerprint density at radius 2 is 2.15 bits per heavy atom. The molecule has 0 aliphatic rings. The van der Waals surface area contributed by atoms with Crippen LogP contribution in [0.4, 0.5) is 0 Å². The standard InChI is InChI=1S/C12H17N/c1-5-10(4)11-6-7-12(9(2)3)13-8-11/h6-9H,4-5H2,1-3H3. The summed E-state index contributed by atoms with van der Waals surface area (Å²) in [6.45, 7) is 10.4. The molecule has 0 amide bonds. The van der Waals surface area contributed by atoms with Gasteiger partial charge < -0.3 is 0 Å². The van der Waals surface area contributed by atoms with Crippen LogP contribution in [0.5, 0.6) is 0 Å². The molecule has 0 aliphatic heterocycles. The van der Waals surface area contributed by atoms with Gasteiger partial charge in [-0.05, 0) is 29.5 Å². The van der Waals surface area contributed by atoms with Crippen LogP contribution in [0.3, 0.4) is 0 Å². The molecule has 1 rings (SSSR count). The van der Waals surface area contributed by atoms with Crippen LogP contribution in [-0.2, 0) is 0 Å². The number of aromatic nitrogens is 1. The van der Waals surface area contributed by atoms with E-state index in [9.17, 15) is 0 Å². The van der Waals surface area contributed by atoms with Crippen LogP contribution in [0, 0.1) is 0 Å². The van der Waals surface area contributed by atoms with Gasteiger partial charge in [0.2, 0.25) is 0 Å². The van der Waals surface area contributed by atoms with Gasteiger partial charge in [0.15, 0.2) is 0 Å². The molecule has 1 aromatic rings. The molecule has 0 saturated carbocycles. The minimum Gasteiger partial charge on any atom is -0.260 e. The second kappa shape index (κ2) is 4.22. The van der Waals surface area contributed by atoms with Gasteiger partial charge in [-0.15, -0.1) is 0 Å². The van der Waals surface area contributed by atoms with Gasteiger partial charge in [0.05, 0.1) is 0 Å². The van der Waals surface area contributed by atoms with Crippen molar-refractivity contribution in [1.29, 1.82) is 0 Å².